The van der Waals surface area contributed by atoms with Crippen LogP contribution >= 0.6 is 0 Å². The summed E-state index contributed by atoms with van der Waals surface area (Å²) in [6, 6.07) is 6.91. The van der Waals surface area contributed by atoms with Gasteiger partial charge < -0.3 is 25.0 Å². The van der Waals surface area contributed by atoms with E-state index < -0.39 is 11.6 Å². The lowest BCUT2D eigenvalue weighted by Crippen LogP contribution is -2.44. The Morgan fingerprint density at radius 3 is 2.73 bits per heavy atom. The van der Waals surface area contributed by atoms with Gasteiger partial charge in [0.25, 0.3) is 0 Å². The first-order valence-electron chi connectivity index (χ1n) is 13.4. The molecule has 12 heteroatoms. The first-order valence-corrected chi connectivity index (χ1v) is 13.4. The SMILES string of the molecule is Cc1nc2c(F)cc(-c3nc(Nc4ccc5c(n4)CCN(C(=O)NCCN(C)C)C5)ncc3F)cc2n1C1CC1. The second-order valence-electron chi connectivity index (χ2n) is 10.6. The van der Waals surface area contributed by atoms with Crippen LogP contribution < -0.4 is 10.6 Å². The Bertz CT molecular complexity index is 1600. The van der Waals surface area contributed by atoms with Gasteiger partial charge in [-0.3, -0.25) is 0 Å². The van der Waals surface area contributed by atoms with Crippen LogP contribution in [0.5, 0.6) is 0 Å². The highest BCUT2D eigenvalue weighted by atomic mass is 19.1. The van der Waals surface area contributed by atoms with Gasteiger partial charge in [-0.15, -0.1) is 0 Å². The Morgan fingerprint density at radius 2 is 1.95 bits per heavy atom. The molecule has 40 heavy (non-hydrogen) atoms. The normalized spacial score (nSPS) is 15.0. The quantitative estimate of drug-likeness (QED) is 0.358. The van der Waals surface area contributed by atoms with Crippen LogP contribution in [0.15, 0.2) is 30.5 Å². The Morgan fingerprint density at radius 1 is 1.12 bits per heavy atom. The van der Waals surface area contributed by atoms with Crippen molar-refractivity contribution >= 4 is 28.8 Å². The van der Waals surface area contributed by atoms with Crippen molar-refractivity contribution < 1.29 is 13.6 Å². The molecule has 4 aromatic rings. The van der Waals surface area contributed by atoms with Crippen molar-refractivity contribution in [2.24, 2.45) is 0 Å². The largest absolute Gasteiger partial charge is 0.337 e. The Hall–Kier alpha value is -4.19. The minimum Gasteiger partial charge on any atom is -0.337 e. The lowest BCUT2D eigenvalue weighted by molar-refractivity contribution is 0.191. The number of nitrogens with zero attached hydrogens (tertiary/aromatic N) is 7. The number of urea groups is 1. The third kappa shape index (κ3) is 5.18. The fourth-order valence-corrected chi connectivity index (χ4v) is 5.10. The topological polar surface area (TPSA) is 104 Å². The molecule has 1 aliphatic heterocycles. The van der Waals surface area contributed by atoms with Crippen molar-refractivity contribution in [1.29, 1.82) is 0 Å². The summed E-state index contributed by atoms with van der Waals surface area (Å²) in [6.07, 6.45) is 3.71. The van der Waals surface area contributed by atoms with E-state index in [1.54, 1.807) is 17.0 Å². The number of carbonyl (C=O) groups is 1. The molecule has 6 rings (SSSR count). The molecule has 2 aliphatic rings. The van der Waals surface area contributed by atoms with Crippen molar-refractivity contribution in [2.45, 2.75) is 38.8 Å². The predicted octanol–water partition coefficient (Wildman–Crippen LogP) is 4.18. The number of nitrogens with one attached hydrogen (secondary N) is 2. The van der Waals surface area contributed by atoms with Crippen LogP contribution in [0, 0.1) is 18.6 Å². The van der Waals surface area contributed by atoms with E-state index in [0.29, 0.717) is 49.0 Å². The average molecular weight is 548 g/mol. The van der Waals surface area contributed by atoms with Crippen LogP contribution in [-0.4, -0.2) is 74.1 Å². The molecule has 1 aliphatic carbocycles. The lowest BCUT2D eigenvalue weighted by atomic mass is 10.1. The van der Waals surface area contributed by atoms with E-state index in [0.717, 1.165) is 42.7 Å². The number of aromatic nitrogens is 5. The molecular formula is C28H31F2N9O. The third-order valence-electron chi connectivity index (χ3n) is 7.27. The molecule has 0 radical (unpaired) electrons. The first kappa shape index (κ1) is 26.1. The number of fused-ring (bicyclic) bond motifs is 2. The van der Waals surface area contributed by atoms with Crippen LogP contribution in [0.3, 0.4) is 0 Å². The predicted molar refractivity (Wildman–Crippen MR) is 147 cm³/mol. The molecule has 1 saturated carbocycles. The van der Waals surface area contributed by atoms with Gasteiger partial charge in [0.2, 0.25) is 5.95 Å². The van der Waals surface area contributed by atoms with E-state index in [2.05, 4.69) is 30.6 Å². The summed E-state index contributed by atoms with van der Waals surface area (Å²) in [7, 11) is 3.92. The maximum Gasteiger partial charge on any atom is 0.317 e. The number of benzene rings is 1. The Labute approximate surface area is 230 Å². The molecule has 3 aromatic heterocycles. The number of rotatable bonds is 7. The van der Waals surface area contributed by atoms with E-state index in [1.807, 2.05) is 36.6 Å². The van der Waals surface area contributed by atoms with Crippen LogP contribution in [0.4, 0.5) is 25.3 Å². The molecule has 0 spiro atoms. The summed E-state index contributed by atoms with van der Waals surface area (Å²) >= 11 is 0. The molecule has 2 N–H and O–H groups in total. The summed E-state index contributed by atoms with van der Waals surface area (Å²) in [5.74, 6) is 0.226. The molecule has 2 amide bonds. The fraction of sp³-hybridized carbons (Fsp3) is 0.393. The van der Waals surface area contributed by atoms with Crippen molar-refractivity contribution in [1.82, 2.24) is 39.6 Å². The Kier molecular flexibility index (Phi) is 6.78. The number of aryl methyl sites for hydroxylation is 1. The van der Waals surface area contributed by atoms with Crippen molar-refractivity contribution in [3.8, 4) is 11.3 Å². The molecule has 0 bridgehead atoms. The monoisotopic (exact) mass is 547 g/mol. The van der Waals surface area contributed by atoms with E-state index in [1.165, 1.54) is 6.07 Å². The van der Waals surface area contributed by atoms with Crippen molar-refractivity contribution in [3.63, 3.8) is 0 Å². The van der Waals surface area contributed by atoms with Gasteiger partial charge in [0.1, 0.15) is 22.9 Å². The van der Waals surface area contributed by atoms with E-state index in [9.17, 15) is 9.18 Å². The third-order valence-corrected chi connectivity index (χ3v) is 7.27. The van der Waals surface area contributed by atoms with E-state index in [4.69, 9.17) is 0 Å². The highest BCUT2D eigenvalue weighted by Crippen LogP contribution is 2.40. The lowest BCUT2D eigenvalue weighted by Gasteiger charge is -2.28. The average Bonchev–Trinajstić information content (AvgIpc) is 3.70. The number of hydrogen-bond acceptors (Lipinski definition) is 7. The standard InChI is InChI=1S/C28H31F2N9O/c1-16-33-26-20(29)12-18(13-23(26)39(16)19-5-6-19)25-21(30)14-32-27(36-25)35-24-7-4-17-15-38(10-8-22(17)34-24)28(40)31-9-11-37(2)3/h4,7,12-14,19H,5-6,8-11,15H2,1-3H3,(H,31,40)(H,32,34,35,36). The van der Waals surface area contributed by atoms with Crippen molar-refractivity contribution in [2.75, 3.05) is 39.0 Å². The Balaban J connectivity index is 1.20. The van der Waals surface area contributed by atoms with E-state index >= 15 is 4.39 Å². The second kappa shape index (κ2) is 10.4. The van der Waals surface area contributed by atoms with E-state index in [-0.39, 0.29) is 23.2 Å². The highest BCUT2D eigenvalue weighted by Gasteiger charge is 2.28. The van der Waals surface area contributed by atoms with Crippen LogP contribution in [0.25, 0.3) is 22.3 Å². The number of pyridine rings is 1. The second-order valence-corrected chi connectivity index (χ2v) is 10.6. The summed E-state index contributed by atoms with van der Waals surface area (Å²) < 4.78 is 31.9. The number of carbonyl (C=O) groups excluding carboxylic acids is 1. The zero-order chi connectivity index (χ0) is 28.0. The molecule has 0 unspecified atom stereocenters. The molecular weight excluding hydrogens is 516 g/mol. The number of imidazole rings is 1. The molecule has 1 fully saturated rings. The van der Waals surface area contributed by atoms with Gasteiger partial charge in [-0.25, -0.2) is 33.5 Å². The number of amides is 2. The van der Waals surface area contributed by atoms with Crippen LogP contribution in [0.2, 0.25) is 0 Å². The highest BCUT2D eigenvalue weighted by molar-refractivity contribution is 5.83. The molecule has 4 heterocycles. The molecule has 0 atom stereocenters. The summed E-state index contributed by atoms with van der Waals surface area (Å²) in [6.45, 7) is 4.24. The first-order chi connectivity index (χ1) is 19.3. The number of likely N-dealkylation sites (N-methyl/N-ethyl adjacent to an activating group) is 1. The maximum absolute atomic E-state index is 15.0. The summed E-state index contributed by atoms with van der Waals surface area (Å²) in [5.41, 5.74) is 3.07. The zero-order valence-corrected chi connectivity index (χ0v) is 22.7. The van der Waals surface area contributed by atoms with Crippen LogP contribution in [-0.2, 0) is 13.0 Å². The number of halogens is 2. The maximum atomic E-state index is 15.0. The molecule has 0 saturated heterocycles. The number of hydrogen-bond donors (Lipinski definition) is 2. The smallest absolute Gasteiger partial charge is 0.317 e. The van der Waals surface area contributed by atoms with Crippen LogP contribution in [0.1, 0.15) is 36.0 Å². The van der Waals surface area contributed by atoms with Gasteiger partial charge in [-0.2, -0.15) is 0 Å². The summed E-state index contributed by atoms with van der Waals surface area (Å²) in [4.78, 5) is 33.8. The van der Waals surface area contributed by atoms with Gasteiger partial charge in [-0.05, 0) is 57.6 Å². The zero-order valence-electron chi connectivity index (χ0n) is 22.7. The number of anilines is 2. The summed E-state index contributed by atoms with van der Waals surface area (Å²) in [5, 5.41) is 6.00. The van der Waals surface area contributed by atoms with Gasteiger partial charge in [0, 0.05) is 49.9 Å². The molecule has 208 valence electrons. The van der Waals surface area contributed by atoms with Gasteiger partial charge >= 0.3 is 6.03 Å². The van der Waals surface area contributed by atoms with Crippen molar-refractivity contribution in [3.05, 3.63) is 59.2 Å². The van der Waals surface area contributed by atoms with Gasteiger partial charge in [0.05, 0.1) is 11.7 Å². The fourth-order valence-electron chi connectivity index (χ4n) is 5.10. The minimum absolute atomic E-state index is 0.00613. The van der Waals surface area contributed by atoms with Gasteiger partial charge in [0.15, 0.2) is 11.6 Å². The van der Waals surface area contributed by atoms with Gasteiger partial charge in [-0.1, -0.05) is 6.07 Å². The molecule has 10 nitrogen and oxygen atoms in total. The molecule has 1 aromatic carbocycles. The minimum atomic E-state index is -0.652.